The normalized spacial score (nSPS) is 10.7. The fraction of sp³-hybridized carbons (Fsp3) is 0.333. The van der Waals surface area contributed by atoms with Gasteiger partial charge >= 0.3 is 11.9 Å². The van der Waals surface area contributed by atoms with Gasteiger partial charge in [-0.25, -0.2) is 4.79 Å². The molecule has 0 aliphatic rings. The molecule has 2 aromatic carbocycles. The minimum atomic E-state index is -0.486. The minimum absolute atomic E-state index is 0.253. The molecule has 0 unspecified atom stereocenters. The molecule has 0 aliphatic carbocycles. The van der Waals surface area contributed by atoms with Crippen LogP contribution in [0.5, 0.6) is 17.2 Å². The molecule has 0 N–H and O–H groups in total. The largest absolute Gasteiger partial charge is 0.494 e. The van der Waals surface area contributed by atoms with Crippen molar-refractivity contribution in [2.45, 2.75) is 46.0 Å². The van der Waals surface area contributed by atoms with Crippen molar-refractivity contribution in [3.05, 3.63) is 60.2 Å². The number of ether oxygens (including phenoxy) is 3. The van der Waals surface area contributed by atoms with Gasteiger partial charge in [0.05, 0.1) is 6.61 Å². The van der Waals surface area contributed by atoms with Crippen molar-refractivity contribution in [2.24, 2.45) is 0 Å². The van der Waals surface area contributed by atoms with Crippen LogP contribution < -0.4 is 14.2 Å². The molecular formula is C24H28O5. The highest BCUT2D eigenvalue weighted by molar-refractivity contribution is 5.88. The van der Waals surface area contributed by atoms with Gasteiger partial charge in [0.25, 0.3) is 0 Å². The second-order valence-corrected chi connectivity index (χ2v) is 6.57. The summed E-state index contributed by atoms with van der Waals surface area (Å²) in [6.07, 6.45) is 7.29. The lowest BCUT2D eigenvalue weighted by Gasteiger charge is -2.06. The highest BCUT2D eigenvalue weighted by Crippen LogP contribution is 2.19. The smallest absolute Gasteiger partial charge is 0.336 e. The molecular weight excluding hydrogens is 368 g/mol. The molecule has 0 amide bonds. The molecule has 5 heteroatoms. The topological polar surface area (TPSA) is 61.8 Å². The second-order valence-electron chi connectivity index (χ2n) is 6.57. The fourth-order valence-corrected chi connectivity index (χ4v) is 2.49. The first kappa shape index (κ1) is 22.2. The zero-order valence-electron chi connectivity index (χ0n) is 17.1. The van der Waals surface area contributed by atoms with E-state index in [1.54, 1.807) is 30.3 Å². The molecule has 0 spiro atoms. The highest BCUT2D eigenvalue weighted by Gasteiger charge is 2.06. The number of rotatable bonds is 11. The maximum atomic E-state index is 12.0. The summed E-state index contributed by atoms with van der Waals surface area (Å²) in [5, 5.41) is 0. The maximum absolute atomic E-state index is 12.0. The van der Waals surface area contributed by atoms with E-state index in [4.69, 9.17) is 14.2 Å². The van der Waals surface area contributed by atoms with Gasteiger partial charge in [-0.15, -0.1) is 0 Å². The van der Waals surface area contributed by atoms with Crippen molar-refractivity contribution in [3.63, 3.8) is 0 Å². The Morgan fingerprint density at radius 3 is 2.03 bits per heavy atom. The van der Waals surface area contributed by atoms with E-state index in [1.807, 2.05) is 24.3 Å². The van der Waals surface area contributed by atoms with Gasteiger partial charge in [0.1, 0.15) is 17.2 Å². The monoisotopic (exact) mass is 396 g/mol. The molecule has 0 atom stereocenters. The third-order valence-corrected chi connectivity index (χ3v) is 4.02. The van der Waals surface area contributed by atoms with Crippen LogP contribution in [-0.4, -0.2) is 18.5 Å². The van der Waals surface area contributed by atoms with Crippen LogP contribution in [0.4, 0.5) is 0 Å². The zero-order chi connectivity index (χ0) is 20.9. The van der Waals surface area contributed by atoms with Gasteiger partial charge in [-0.1, -0.05) is 38.8 Å². The Morgan fingerprint density at radius 1 is 0.793 bits per heavy atom. The van der Waals surface area contributed by atoms with E-state index in [0.29, 0.717) is 24.5 Å². The van der Waals surface area contributed by atoms with E-state index < -0.39 is 5.97 Å². The van der Waals surface area contributed by atoms with Crippen molar-refractivity contribution >= 4 is 18.0 Å². The summed E-state index contributed by atoms with van der Waals surface area (Å²) in [6, 6.07) is 13.9. The summed E-state index contributed by atoms with van der Waals surface area (Å²) >= 11 is 0. The van der Waals surface area contributed by atoms with E-state index in [-0.39, 0.29) is 5.97 Å². The van der Waals surface area contributed by atoms with E-state index in [0.717, 1.165) is 37.0 Å². The average molecular weight is 396 g/mol. The first-order chi connectivity index (χ1) is 14.1. The molecule has 0 fully saturated rings. The quantitative estimate of drug-likeness (QED) is 0.215. The zero-order valence-corrected chi connectivity index (χ0v) is 17.1. The Labute approximate surface area is 172 Å². The van der Waals surface area contributed by atoms with Gasteiger partial charge in [0.2, 0.25) is 0 Å². The Morgan fingerprint density at radius 2 is 1.41 bits per heavy atom. The number of carbonyl (C=O) groups excluding carboxylic acids is 2. The number of unbranched alkanes of at least 4 members (excludes halogenated alkanes) is 2. The molecule has 0 aliphatic heterocycles. The molecule has 5 nitrogen and oxygen atoms in total. The Bertz CT molecular complexity index is 791. The lowest BCUT2D eigenvalue weighted by atomic mass is 10.2. The van der Waals surface area contributed by atoms with Gasteiger partial charge < -0.3 is 14.2 Å². The molecule has 0 heterocycles. The van der Waals surface area contributed by atoms with Crippen molar-refractivity contribution in [3.8, 4) is 17.2 Å². The van der Waals surface area contributed by atoms with Crippen LogP contribution in [0.2, 0.25) is 0 Å². The lowest BCUT2D eigenvalue weighted by molar-refractivity contribution is -0.134. The second kappa shape index (κ2) is 12.4. The third-order valence-electron chi connectivity index (χ3n) is 4.02. The summed E-state index contributed by atoms with van der Waals surface area (Å²) < 4.78 is 16.0. The SMILES string of the molecule is CCCCCC(=O)Oc1ccc(OC(=O)/C=C/c2ccc(OCCC)cc2)cc1. The van der Waals surface area contributed by atoms with Crippen LogP contribution in [-0.2, 0) is 9.59 Å². The standard InChI is InChI=1S/C24H28O5/c1-3-5-6-7-23(25)28-21-13-15-22(16-14-21)29-24(26)17-10-19-8-11-20(12-9-19)27-18-4-2/h8-17H,3-7,18H2,1-2H3/b17-10+. The van der Waals surface area contributed by atoms with Crippen LogP contribution in [0.1, 0.15) is 51.5 Å². The van der Waals surface area contributed by atoms with Crippen LogP contribution >= 0.6 is 0 Å². The molecule has 29 heavy (non-hydrogen) atoms. The maximum Gasteiger partial charge on any atom is 0.336 e. The number of hydrogen-bond donors (Lipinski definition) is 0. The predicted molar refractivity (Wildman–Crippen MR) is 113 cm³/mol. The van der Waals surface area contributed by atoms with Crippen LogP contribution in [0.15, 0.2) is 54.6 Å². The van der Waals surface area contributed by atoms with E-state index >= 15 is 0 Å². The van der Waals surface area contributed by atoms with Gasteiger partial charge in [-0.05, 0) is 60.9 Å². The molecule has 0 radical (unpaired) electrons. The fourth-order valence-electron chi connectivity index (χ4n) is 2.49. The Kier molecular flexibility index (Phi) is 9.49. The summed E-state index contributed by atoms with van der Waals surface area (Å²) in [4.78, 5) is 23.7. The molecule has 0 saturated carbocycles. The first-order valence-corrected chi connectivity index (χ1v) is 10.0. The molecule has 2 aromatic rings. The van der Waals surface area contributed by atoms with Crippen molar-refractivity contribution in [1.82, 2.24) is 0 Å². The van der Waals surface area contributed by atoms with Crippen molar-refractivity contribution < 1.29 is 23.8 Å². The Balaban J connectivity index is 1.81. The number of esters is 2. The summed E-state index contributed by atoms with van der Waals surface area (Å²) in [5.74, 6) is 0.886. The molecule has 0 bridgehead atoms. The van der Waals surface area contributed by atoms with Crippen LogP contribution in [0, 0.1) is 0 Å². The van der Waals surface area contributed by atoms with Crippen molar-refractivity contribution in [1.29, 1.82) is 0 Å². The first-order valence-electron chi connectivity index (χ1n) is 10.0. The number of carbonyl (C=O) groups is 2. The van der Waals surface area contributed by atoms with Gasteiger partial charge in [-0.3, -0.25) is 4.79 Å². The van der Waals surface area contributed by atoms with Crippen LogP contribution in [0.3, 0.4) is 0 Å². The van der Waals surface area contributed by atoms with Gasteiger partial charge in [0.15, 0.2) is 0 Å². The molecule has 0 saturated heterocycles. The van der Waals surface area contributed by atoms with Crippen LogP contribution in [0.25, 0.3) is 6.08 Å². The predicted octanol–water partition coefficient (Wildman–Crippen LogP) is 5.58. The third kappa shape index (κ3) is 8.64. The van der Waals surface area contributed by atoms with Gasteiger partial charge in [0, 0.05) is 12.5 Å². The lowest BCUT2D eigenvalue weighted by Crippen LogP contribution is -2.07. The van der Waals surface area contributed by atoms with Crippen molar-refractivity contribution in [2.75, 3.05) is 6.61 Å². The molecule has 154 valence electrons. The Hall–Kier alpha value is -3.08. The van der Waals surface area contributed by atoms with E-state index in [9.17, 15) is 9.59 Å². The van der Waals surface area contributed by atoms with E-state index in [2.05, 4.69) is 13.8 Å². The highest BCUT2D eigenvalue weighted by atomic mass is 16.5. The number of hydrogen-bond acceptors (Lipinski definition) is 5. The van der Waals surface area contributed by atoms with Gasteiger partial charge in [-0.2, -0.15) is 0 Å². The summed E-state index contributed by atoms with van der Waals surface area (Å²) in [6.45, 7) is 4.82. The average Bonchev–Trinajstić information content (AvgIpc) is 2.73. The summed E-state index contributed by atoms with van der Waals surface area (Å²) in [5.41, 5.74) is 0.871. The molecule has 0 aromatic heterocycles. The minimum Gasteiger partial charge on any atom is -0.494 e. The summed E-state index contributed by atoms with van der Waals surface area (Å²) in [7, 11) is 0. The van der Waals surface area contributed by atoms with E-state index in [1.165, 1.54) is 6.08 Å². The molecule has 2 rings (SSSR count). The number of benzene rings is 2.